The summed E-state index contributed by atoms with van der Waals surface area (Å²) in [5.41, 5.74) is 0.773. The molecule has 2 aromatic rings. The molecule has 0 aliphatic heterocycles. The lowest BCUT2D eigenvalue weighted by Crippen LogP contribution is -2.29. The molecule has 6 nitrogen and oxygen atoms in total. The molecule has 0 saturated carbocycles. The standard InChI is InChI=1S/C21H25ClO6/c1-14(2)28-20(21(24)25)10-15-5-3-7-18(9-15)26-12-17(23)13-27-19-8-4-6-16(22)11-19/h3-9,11,14,17,20,23H,10,12-13H2,1-2H3,(H,24,25). The Labute approximate surface area is 169 Å². The Hall–Kier alpha value is -2.28. The number of aliphatic hydroxyl groups is 1. The van der Waals surface area contributed by atoms with E-state index >= 15 is 0 Å². The zero-order valence-corrected chi connectivity index (χ0v) is 16.6. The second-order valence-electron chi connectivity index (χ2n) is 6.60. The van der Waals surface area contributed by atoms with Crippen molar-refractivity contribution in [3.05, 3.63) is 59.1 Å². The molecule has 7 heteroatoms. The van der Waals surface area contributed by atoms with Gasteiger partial charge in [-0.3, -0.25) is 0 Å². The zero-order chi connectivity index (χ0) is 20.5. The van der Waals surface area contributed by atoms with Crippen molar-refractivity contribution in [3.63, 3.8) is 0 Å². The van der Waals surface area contributed by atoms with Crippen LogP contribution in [0, 0.1) is 0 Å². The molecular formula is C21H25ClO6. The number of rotatable bonds is 11. The Balaban J connectivity index is 1.85. The molecule has 152 valence electrons. The van der Waals surface area contributed by atoms with Gasteiger partial charge >= 0.3 is 5.97 Å². The summed E-state index contributed by atoms with van der Waals surface area (Å²) in [5, 5.41) is 19.9. The zero-order valence-electron chi connectivity index (χ0n) is 15.9. The van der Waals surface area contributed by atoms with Crippen LogP contribution in [0.15, 0.2) is 48.5 Å². The Bertz CT molecular complexity index is 764. The summed E-state index contributed by atoms with van der Waals surface area (Å²) in [7, 11) is 0. The summed E-state index contributed by atoms with van der Waals surface area (Å²) in [6.07, 6.45) is -1.72. The van der Waals surface area contributed by atoms with E-state index in [0.717, 1.165) is 5.56 Å². The van der Waals surface area contributed by atoms with Gasteiger partial charge in [0.25, 0.3) is 0 Å². The molecule has 2 unspecified atom stereocenters. The molecular weight excluding hydrogens is 384 g/mol. The van der Waals surface area contributed by atoms with Crippen LogP contribution >= 0.6 is 11.6 Å². The first-order valence-corrected chi connectivity index (χ1v) is 9.37. The quantitative estimate of drug-likeness (QED) is 0.591. The van der Waals surface area contributed by atoms with Gasteiger partial charge in [0.05, 0.1) is 6.10 Å². The number of carboxylic acid groups (broad SMARTS) is 1. The van der Waals surface area contributed by atoms with Gasteiger partial charge < -0.3 is 24.4 Å². The predicted molar refractivity (Wildman–Crippen MR) is 106 cm³/mol. The molecule has 0 aliphatic carbocycles. The molecule has 2 rings (SSSR count). The van der Waals surface area contributed by atoms with Gasteiger partial charge in [0.15, 0.2) is 6.10 Å². The molecule has 0 saturated heterocycles. The molecule has 0 heterocycles. The Kier molecular flexibility index (Phi) is 8.57. The molecule has 0 fully saturated rings. The molecule has 0 amide bonds. The Morgan fingerprint density at radius 3 is 2.21 bits per heavy atom. The summed E-state index contributed by atoms with van der Waals surface area (Å²) in [6, 6.07) is 14.0. The van der Waals surface area contributed by atoms with E-state index in [0.29, 0.717) is 16.5 Å². The molecule has 0 radical (unpaired) electrons. The van der Waals surface area contributed by atoms with Gasteiger partial charge in [-0.2, -0.15) is 0 Å². The fraction of sp³-hybridized carbons (Fsp3) is 0.381. The molecule has 0 spiro atoms. The molecule has 28 heavy (non-hydrogen) atoms. The second-order valence-corrected chi connectivity index (χ2v) is 7.03. The summed E-state index contributed by atoms with van der Waals surface area (Å²) in [6.45, 7) is 3.68. The largest absolute Gasteiger partial charge is 0.491 e. The minimum absolute atomic E-state index is 0.0366. The summed E-state index contributed by atoms with van der Waals surface area (Å²) < 4.78 is 16.5. The van der Waals surface area contributed by atoms with E-state index in [2.05, 4.69) is 0 Å². The molecule has 0 aromatic heterocycles. The van der Waals surface area contributed by atoms with Crippen molar-refractivity contribution in [2.45, 2.75) is 38.6 Å². The Morgan fingerprint density at radius 1 is 1.04 bits per heavy atom. The fourth-order valence-electron chi connectivity index (χ4n) is 2.49. The van der Waals surface area contributed by atoms with E-state index in [1.54, 1.807) is 56.3 Å². The number of carbonyl (C=O) groups is 1. The molecule has 2 atom stereocenters. The van der Waals surface area contributed by atoms with Crippen molar-refractivity contribution in [3.8, 4) is 11.5 Å². The first-order chi connectivity index (χ1) is 13.3. The van der Waals surface area contributed by atoms with Crippen molar-refractivity contribution in [2.24, 2.45) is 0 Å². The number of aliphatic hydroxyl groups excluding tert-OH is 1. The maximum atomic E-state index is 11.3. The van der Waals surface area contributed by atoms with Crippen molar-refractivity contribution in [1.82, 2.24) is 0 Å². The van der Waals surface area contributed by atoms with Crippen LogP contribution in [0.25, 0.3) is 0 Å². The van der Waals surface area contributed by atoms with Crippen LogP contribution in [0.3, 0.4) is 0 Å². The van der Waals surface area contributed by atoms with Crippen LogP contribution in [0.4, 0.5) is 0 Å². The van der Waals surface area contributed by atoms with Gasteiger partial charge in [0, 0.05) is 11.4 Å². The van der Waals surface area contributed by atoms with Crippen LogP contribution in [-0.4, -0.2) is 47.7 Å². The van der Waals surface area contributed by atoms with Crippen LogP contribution < -0.4 is 9.47 Å². The van der Waals surface area contributed by atoms with E-state index in [9.17, 15) is 15.0 Å². The third-order valence-corrected chi connectivity index (χ3v) is 3.95. The van der Waals surface area contributed by atoms with Crippen molar-refractivity contribution >= 4 is 17.6 Å². The van der Waals surface area contributed by atoms with Crippen LogP contribution in [0.2, 0.25) is 5.02 Å². The highest BCUT2D eigenvalue weighted by Gasteiger charge is 2.20. The number of hydrogen-bond acceptors (Lipinski definition) is 5. The third-order valence-electron chi connectivity index (χ3n) is 3.71. The minimum atomic E-state index is -1.01. The number of ether oxygens (including phenoxy) is 3. The maximum Gasteiger partial charge on any atom is 0.333 e. The first-order valence-electron chi connectivity index (χ1n) is 9.00. The summed E-state index contributed by atoms with van der Waals surface area (Å²) in [5.74, 6) is 0.0972. The number of aliphatic carboxylic acids is 1. The number of carboxylic acids is 1. The first kappa shape index (κ1) is 22.0. The van der Waals surface area contributed by atoms with Gasteiger partial charge in [-0.1, -0.05) is 29.8 Å². The van der Waals surface area contributed by atoms with Crippen molar-refractivity contribution in [1.29, 1.82) is 0 Å². The lowest BCUT2D eigenvalue weighted by Gasteiger charge is -2.17. The molecule has 2 N–H and O–H groups in total. The summed E-state index contributed by atoms with van der Waals surface area (Å²) in [4.78, 5) is 11.3. The van der Waals surface area contributed by atoms with E-state index in [4.69, 9.17) is 25.8 Å². The van der Waals surface area contributed by atoms with Crippen molar-refractivity contribution < 1.29 is 29.2 Å². The fourth-order valence-corrected chi connectivity index (χ4v) is 2.67. The van der Waals surface area contributed by atoms with Gasteiger partial charge in [-0.15, -0.1) is 0 Å². The van der Waals surface area contributed by atoms with Gasteiger partial charge in [-0.05, 0) is 49.7 Å². The van der Waals surface area contributed by atoms with Crippen LogP contribution in [-0.2, 0) is 16.0 Å². The number of halogens is 1. The van der Waals surface area contributed by atoms with E-state index < -0.39 is 18.2 Å². The Morgan fingerprint density at radius 2 is 1.64 bits per heavy atom. The summed E-state index contributed by atoms with van der Waals surface area (Å²) >= 11 is 5.89. The normalized spacial score (nSPS) is 13.2. The average molecular weight is 409 g/mol. The molecule has 0 bridgehead atoms. The number of benzene rings is 2. The van der Waals surface area contributed by atoms with Crippen LogP contribution in [0.5, 0.6) is 11.5 Å². The maximum absolute atomic E-state index is 11.3. The van der Waals surface area contributed by atoms with Gasteiger partial charge in [-0.25, -0.2) is 4.79 Å². The monoisotopic (exact) mass is 408 g/mol. The van der Waals surface area contributed by atoms with E-state index in [1.165, 1.54) is 0 Å². The highest BCUT2D eigenvalue weighted by atomic mass is 35.5. The van der Waals surface area contributed by atoms with Gasteiger partial charge in [0.1, 0.15) is 30.8 Å². The van der Waals surface area contributed by atoms with Gasteiger partial charge in [0.2, 0.25) is 0 Å². The molecule has 0 aliphatic rings. The molecule has 2 aromatic carbocycles. The topological polar surface area (TPSA) is 85.2 Å². The second kappa shape index (κ2) is 10.9. The van der Waals surface area contributed by atoms with Crippen LogP contribution in [0.1, 0.15) is 19.4 Å². The lowest BCUT2D eigenvalue weighted by molar-refractivity contribution is -0.153. The highest BCUT2D eigenvalue weighted by Crippen LogP contribution is 2.18. The minimum Gasteiger partial charge on any atom is -0.491 e. The van der Waals surface area contributed by atoms with E-state index in [-0.39, 0.29) is 25.7 Å². The predicted octanol–water partition coefficient (Wildman–Crippen LogP) is 3.58. The number of hydrogen-bond donors (Lipinski definition) is 2. The lowest BCUT2D eigenvalue weighted by atomic mass is 10.1. The average Bonchev–Trinajstić information content (AvgIpc) is 2.64. The SMILES string of the molecule is CC(C)OC(Cc1cccc(OCC(O)COc2cccc(Cl)c2)c1)C(=O)O. The van der Waals surface area contributed by atoms with E-state index in [1.807, 2.05) is 6.07 Å². The highest BCUT2D eigenvalue weighted by molar-refractivity contribution is 6.30. The smallest absolute Gasteiger partial charge is 0.333 e. The third kappa shape index (κ3) is 7.76. The van der Waals surface area contributed by atoms with Crippen molar-refractivity contribution in [2.75, 3.05) is 13.2 Å².